The normalized spacial score (nSPS) is 14.9. The molecule has 2 nitrogen and oxygen atoms in total. The van der Waals surface area contributed by atoms with Crippen molar-refractivity contribution in [2.45, 2.75) is 19.3 Å². The molecule has 0 bridgehead atoms. The first kappa shape index (κ1) is 33.7. The van der Waals surface area contributed by atoms with E-state index in [1.54, 1.807) is 0 Å². The van der Waals surface area contributed by atoms with Crippen LogP contribution in [0.2, 0.25) is 0 Å². The number of hydrogen-bond acceptors (Lipinski definition) is 3. The summed E-state index contributed by atoms with van der Waals surface area (Å²) >= 11 is 1.86. The number of rotatable bonds is 4. The molecular formula is C57H37NOS. The molecule has 11 aromatic rings. The molecule has 0 saturated heterocycles. The second-order valence-corrected chi connectivity index (χ2v) is 17.5. The number of para-hydroxylation sites is 1. The van der Waals surface area contributed by atoms with E-state index in [9.17, 15) is 0 Å². The molecular weight excluding hydrogens is 747 g/mol. The lowest BCUT2D eigenvalue weighted by Gasteiger charge is -2.32. The monoisotopic (exact) mass is 783 g/mol. The number of hydrogen-bond donors (Lipinski definition) is 0. The van der Waals surface area contributed by atoms with Gasteiger partial charge in [0.05, 0.1) is 11.1 Å². The molecule has 0 radical (unpaired) electrons. The van der Waals surface area contributed by atoms with E-state index >= 15 is 0 Å². The first-order chi connectivity index (χ1) is 29.6. The van der Waals surface area contributed by atoms with Crippen molar-refractivity contribution in [2.24, 2.45) is 0 Å². The second-order valence-electron chi connectivity index (χ2n) is 16.4. The summed E-state index contributed by atoms with van der Waals surface area (Å²) in [5, 5.41) is 4.87. The smallest absolute Gasteiger partial charge is 0.140 e. The maximum atomic E-state index is 6.99. The lowest BCUT2D eigenvalue weighted by Crippen LogP contribution is -2.26. The molecule has 0 saturated carbocycles. The van der Waals surface area contributed by atoms with Gasteiger partial charge >= 0.3 is 0 Å². The Morgan fingerprint density at radius 1 is 0.433 bits per heavy atom. The first-order valence-corrected chi connectivity index (χ1v) is 21.6. The van der Waals surface area contributed by atoms with E-state index in [4.69, 9.17) is 4.42 Å². The van der Waals surface area contributed by atoms with Gasteiger partial charge in [-0.2, -0.15) is 0 Å². The van der Waals surface area contributed by atoms with Gasteiger partial charge in [-0.3, -0.25) is 0 Å². The Kier molecular flexibility index (Phi) is 6.98. The van der Waals surface area contributed by atoms with Crippen LogP contribution in [0.3, 0.4) is 0 Å². The second kappa shape index (κ2) is 12.4. The van der Waals surface area contributed by atoms with Crippen molar-refractivity contribution in [3.8, 4) is 33.4 Å². The topological polar surface area (TPSA) is 16.4 Å². The third-order valence-corrected chi connectivity index (χ3v) is 14.5. The lowest BCUT2D eigenvalue weighted by atomic mass is 9.70. The number of anilines is 3. The van der Waals surface area contributed by atoms with Gasteiger partial charge in [-0.25, -0.2) is 0 Å². The average molecular weight is 784 g/mol. The molecule has 0 aliphatic heterocycles. The van der Waals surface area contributed by atoms with Crippen LogP contribution in [-0.2, 0) is 5.41 Å². The Bertz CT molecular complexity index is 3610. The average Bonchev–Trinajstić information content (AvgIpc) is 4.02. The third kappa shape index (κ3) is 4.42. The summed E-state index contributed by atoms with van der Waals surface area (Å²) in [5.74, 6) is 0. The molecule has 9 aromatic carbocycles. The van der Waals surface area contributed by atoms with Gasteiger partial charge in [0, 0.05) is 53.4 Å². The third-order valence-electron chi connectivity index (χ3n) is 13.4. The largest absolute Gasteiger partial charge is 0.456 e. The molecule has 0 amide bonds. The lowest BCUT2D eigenvalue weighted by molar-refractivity contribution is 0.652. The summed E-state index contributed by atoms with van der Waals surface area (Å²) < 4.78 is 9.59. The van der Waals surface area contributed by atoms with Crippen molar-refractivity contribution in [3.63, 3.8) is 0 Å². The predicted molar refractivity (Wildman–Crippen MR) is 252 cm³/mol. The SMILES string of the molecule is Cc1ccccc1-c1ccc(N(c2ccc3sc4ccccc4c3c2)c2cccc3c2-c2ccccc2C32c3ccccc3-c3ccc4c(oc5ccccc54)c32)cc1C. The van der Waals surface area contributed by atoms with Crippen molar-refractivity contribution in [1.82, 2.24) is 0 Å². The Morgan fingerprint density at radius 3 is 1.92 bits per heavy atom. The molecule has 1 unspecified atom stereocenters. The van der Waals surface area contributed by atoms with Crippen LogP contribution in [0.4, 0.5) is 17.1 Å². The number of nitrogens with zero attached hydrogens (tertiary/aromatic N) is 1. The molecule has 13 rings (SSSR count). The molecule has 1 atom stereocenters. The minimum atomic E-state index is -0.592. The molecule has 0 fully saturated rings. The van der Waals surface area contributed by atoms with E-state index < -0.39 is 5.41 Å². The van der Waals surface area contributed by atoms with Crippen molar-refractivity contribution < 1.29 is 4.42 Å². The van der Waals surface area contributed by atoms with Crippen LogP contribution in [0.15, 0.2) is 192 Å². The quantitative estimate of drug-likeness (QED) is 0.177. The Morgan fingerprint density at radius 2 is 1.07 bits per heavy atom. The summed E-state index contributed by atoms with van der Waals surface area (Å²) in [6, 6.07) is 69.8. The highest BCUT2D eigenvalue weighted by Crippen LogP contribution is 2.66. The number of benzene rings is 9. The van der Waals surface area contributed by atoms with Crippen molar-refractivity contribution in [3.05, 3.63) is 221 Å². The van der Waals surface area contributed by atoms with Gasteiger partial charge < -0.3 is 9.32 Å². The number of aryl methyl sites for hydroxylation is 2. The van der Waals surface area contributed by atoms with Gasteiger partial charge in [0.1, 0.15) is 11.2 Å². The van der Waals surface area contributed by atoms with Gasteiger partial charge in [0.15, 0.2) is 0 Å². The summed E-state index contributed by atoms with van der Waals surface area (Å²) in [5.41, 5.74) is 19.8. The maximum Gasteiger partial charge on any atom is 0.140 e. The molecule has 3 heteroatoms. The number of furan rings is 1. The molecule has 2 aliphatic rings. The van der Waals surface area contributed by atoms with Gasteiger partial charge in [-0.05, 0) is 124 Å². The van der Waals surface area contributed by atoms with E-state index in [2.05, 4.69) is 207 Å². The number of fused-ring (bicyclic) bond motifs is 17. The summed E-state index contributed by atoms with van der Waals surface area (Å²) in [6.45, 7) is 4.46. The minimum absolute atomic E-state index is 0.592. The van der Waals surface area contributed by atoms with Crippen LogP contribution in [0.5, 0.6) is 0 Å². The van der Waals surface area contributed by atoms with Crippen LogP contribution in [0.25, 0.3) is 75.5 Å². The molecule has 60 heavy (non-hydrogen) atoms. The van der Waals surface area contributed by atoms with Gasteiger partial charge in [-0.1, -0.05) is 133 Å². The fraction of sp³-hybridized carbons (Fsp3) is 0.0526. The summed E-state index contributed by atoms with van der Waals surface area (Å²) in [4.78, 5) is 2.51. The van der Waals surface area contributed by atoms with Crippen LogP contribution in [0, 0.1) is 13.8 Å². The van der Waals surface area contributed by atoms with E-state index in [-0.39, 0.29) is 0 Å². The molecule has 2 heterocycles. The first-order valence-electron chi connectivity index (χ1n) is 20.8. The predicted octanol–water partition coefficient (Wildman–Crippen LogP) is 16.1. The highest BCUT2D eigenvalue weighted by Gasteiger charge is 2.54. The van der Waals surface area contributed by atoms with Crippen molar-refractivity contribution in [2.75, 3.05) is 4.90 Å². The van der Waals surface area contributed by atoms with Crippen LogP contribution in [-0.4, -0.2) is 0 Å². The van der Waals surface area contributed by atoms with Crippen LogP contribution < -0.4 is 4.90 Å². The standard InChI is InChI=1S/C57H37NOS/c1-34-14-3-4-15-38(34)39-28-26-36(32-35(39)2)58(37-27-31-53-46(33-37)42-18-8-12-25-52(42)60-53)50-23-13-22-49-54(50)45-19-6-10-21-48(45)57(49)47-20-9-5-16-40(47)43-29-30-44-41-17-7-11-24-51(41)59-56(44)55(43)57/h3-33H,1-2H3. The molecule has 2 aromatic heterocycles. The Balaban J connectivity index is 1.12. The summed E-state index contributed by atoms with van der Waals surface area (Å²) in [7, 11) is 0. The van der Waals surface area contributed by atoms with Gasteiger partial charge in [0.25, 0.3) is 0 Å². The molecule has 282 valence electrons. The molecule has 2 aliphatic carbocycles. The van der Waals surface area contributed by atoms with Gasteiger partial charge in [-0.15, -0.1) is 11.3 Å². The number of thiophene rings is 1. The maximum absolute atomic E-state index is 6.99. The molecule has 0 N–H and O–H groups in total. The van der Waals surface area contributed by atoms with E-state index in [0.29, 0.717) is 0 Å². The Hall–Kier alpha value is -7.20. The zero-order chi connectivity index (χ0) is 39.7. The van der Waals surface area contributed by atoms with Crippen molar-refractivity contribution >= 4 is 70.5 Å². The minimum Gasteiger partial charge on any atom is -0.456 e. The van der Waals surface area contributed by atoms with Crippen molar-refractivity contribution in [1.29, 1.82) is 0 Å². The van der Waals surface area contributed by atoms with E-state index in [0.717, 1.165) is 39.0 Å². The van der Waals surface area contributed by atoms with Crippen LogP contribution in [0.1, 0.15) is 33.4 Å². The highest BCUT2D eigenvalue weighted by atomic mass is 32.1. The van der Waals surface area contributed by atoms with Crippen LogP contribution >= 0.6 is 11.3 Å². The Labute approximate surface area is 352 Å². The highest BCUT2D eigenvalue weighted by molar-refractivity contribution is 7.25. The summed E-state index contributed by atoms with van der Waals surface area (Å²) in [6.07, 6.45) is 0. The fourth-order valence-corrected chi connectivity index (χ4v) is 12.0. The zero-order valence-corrected chi connectivity index (χ0v) is 34.0. The van der Waals surface area contributed by atoms with E-state index in [1.807, 2.05) is 11.3 Å². The van der Waals surface area contributed by atoms with E-state index in [1.165, 1.54) is 86.9 Å². The molecule has 1 spiro atoms. The fourth-order valence-electron chi connectivity index (χ4n) is 10.9. The van der Waals surface area contributed by atoms with Gasteiger partial charge in [0.2, 0.25) is 0 Å². The zero-order valence-electron chi connectivity index (χ0n) is 33.2.